The summed E-state index contributed by atoms with van der Waals surface area (Å²) in [5.41, 5.74) is 1.67. The van der Waals surface area contributed by atoms with Gasteiger partial charge in [-0.2, -0.15) is 0 Å². The lowest BCUT2D eigenvalue weighted by Gasteiger charge is -2.28. The number of likely N-dealkylation sites (tertiary alicyclic amines) is 1. The van der Waals surface area contributed by atoms with Gasteiger partial charge in [0.05, 0.1) is 13.1 Å². The normalized spacial score (nSPS) is 13.5. The number of amides is 4. The summed E-state index contributed by atoms with van der Waals surface area (Å²) in [5.74, 6) is -2.79. The van der Waals surface area contributed by atoms with E-state index in [1.54, 1.807) is 0 Å². The first-order chi connectivity index (χ1) is 20.1. The van der Waals surface area contributed by atoms with Crippen LogP contribution in [0, 0.1) is 12.8 Å². The molecule has 1 fully saturated rings. The number of ketones is 1. The van der Waals surface area contributed by atoms with Crippen LogP contribution in [0.1, 0.15) is 61.7 Å². The van der Waals surface area contributed by atoms with E-state index >= 15 is 0 Å². The third-order valence-corrected chi connectivity index (χ3v) is 6.13. The van der Waals surface area contributed by atoms with E-state index in [0.717, 1.165) is 25.9 Å². The molecular formula is C31H54N6O5. The van der Waals surface area contributed by atoms with E-state index in [4.69, 9.17) is 0 Å². The van der Waals surface area contributed by atoms with Crippen molar-refractivity contribution in [2.45, 2.75) is 53.0 Å². The molecule has 1 aliphatic heterocycles. The molecule has 11 heteroatoms. The fraction of sp³-hybridized carbons (Fsp3) is 0.484. The Morgan fingerprint density at radius 2 is 1.52 bits per heavy atom. The minimum absolute atomic E-state index is 0. The highest BCUT2D eigenvalue weighted by atomic mass is 16.2. The molecule has 3 rings (SSSR count). The van der Waals surface area contributed by atoms with E-state index in [-0.39, 0.29) is 12.3 Å². The summed E-state index contributed by atoms with van der Waals surface area (Å²) in [6.07, 6.45) is 6.08. The van der Waals surface area contributed by atoms with E-state index in [2.05, 4.69) is 64.1 Å². The van der Waals surface area contributed by atoms with Crippen LogP contribution >= 0.6 is 0 Å². The lowest BCUT2D eigenvalue weighted by Crippen LogP contribution is -2.50. The van der Waals surface area contributed by atoms with Crippen molar-refractivity contribution in [2.24, 2.45) is 5.92 Å². The van der Waals surface area contributed by atoms with Gasteiger partial charge in [-0.05, 0) is 64.9 Å². The first kappa shape index (κ1) is 35.9. The number of Topliss-reactive ketones (excluding diaryl/α,β-unsaturated/α-hetero) is 1. The number of rotatable bonds is 10. The molecule has 11 nitrogen and oxygen atoms in total. The lowest BCUT2D eigenvalue weighted by molar-refractivity contribution is -0.138. The summed E-state index contributed by atoms with van der Waals surface area (Å²) in [4.78, 5) is 65.9. The number of piperidine rings is 1. The topological polar surface area (TPSA) is 150 Å². The van der Waals surface area contributed by atoms with Crippen molar-refractivity contribution >= 4 is 29.4 Å². The van der Waals surface area contributed by atoms with Gasteiger partial charge in [0.15, 0.2) is 0 Å². The average molecular weight is 591 g/mol. The molecule has 238 valence electrons. The minimum atomic E-state index is -0.949. The SMILES string of the molecule is CCC.C[C@H](NC(=O)CNC(=O)c1ccncc1)C(=O)NCC(=O)C(=O)NCC1CCN(C)CC1.Cc1ccccc1.[HH].[HH].[HH].[HH]. The standard InChI is InChI=1S/C21H30N6O5.C7H8.C3H8.4H2/c1-14(26-18(29)13-25-20(31)16-3-7-22-8-4-16)19(30)24-12-17(28)21(32)23-11-15-5-9-27(2)10-6-15;1-7-5-3-2-4-6-7;1-3-2;;;;/h3-4,7-8,14-15H,5-6,9-13H2,1-2H3,(H,23,32)(H,24,30)(H,25,31)(H,26,29);2-6H,1H3;3H2,1-2H3;4*1H/t14-;;;;;;/m0....../s1. The van der Waals surface area contributed by atoms with Gasteiger partial charge in [0.25, 0.3) is 11.8 Å². The third-order valence-electron chi connectivity index (χ3n) is 6.13. The third kappa shape index (κ3) is 15.6. The number of hydrogen-bond donors (Lipinski definition) is 4. The molecule has 1 aliphatic rings. The molecule has 0 saturated carbocycles. The van der Waals surface area contributed by atoms with E-state index in [0.29, 0.717) is 18.0 Å². The molecule has 2 heterocycles. The Kier molecular flexibility index (Phi) is 17.7. The quantitative estimate of drug-likeness (QED) is 0.311. The average Bonchev–Trinajstić information content (AvgIpc) is 2.99. The zero-order valence-corrected chi connectivity index (χ0v) is 25.4. The summed E-state index contributed by atoms with van der Waals surface area (Å²) < 4.78 is 0. The van der Waals surface area contributed by atoms with Crippen molar-refractivity contribution in [1.82, 2.24) is 31.2 Å². The molecule has 4 N–H and O–H groups in total. The number of hydrogen-bond acceptors (Lipinski definition) is 7. The summed E-state index contributed by atoms with van der Waals surface area (Å²) in [6.45, 7) is 9.34. The van der Waals surface area contributed by atoms with Gasteiger partial charge in [0.2, 0.25) is 17.6 Å². The Morgan fingerprint density at radius 3 is 2.07 bits per heavy atom. The molecule has 1 atom stereocenters. The van der Waals surface area contributed by atoms with Gasteiger partial charge in [0.1, 0.15) is 6.04 Å². The molecule has 1 aromatic carbocycles. The number of nitrogens with one attached hydrogen (secondary N) is 4. The monoisotopic (exact) mass is 590 g/mol. The Labute approximate surface area is 255 Å². The Bertz CT molecular complexity index is 1120. The van der Waals surface area contributed by atoms with Crippen molar-refractivity contribution < 1.29 is 29.7 Å². The van der Waals surface area contributed by atoms with Crippen LogP contribution in [-0.2, 0) is 19.2 Å². The van der Waals surface area contributed by atoms with Gasteiger partial charge in [-0.1, -0.05) is 56.2 Å². The van der Waals surface area contributed by atoms with Crippen LogP contribution in [0.2, 0.25) is 0 Å². The lowest BCUT2D eigenvalue weighted by atomic mass is 9.97. The first-order valence-electron chi connectivity index (χ1n) is 14.3. The van der Waals surface area contributed by atoms with Crippen molar-refractivity contribution in [3.05, 3.63) is 66.0 Å². The first-order valence-corrected chi connectivity index (χ1v) is 14.3. The molecule has 42 heavy (non-hydrogen) atoms. The number of nitrogens with zero attached hydrogens (tertiary/aromatic N) is 2. The maximum Gasteiger partial charge on any atom is 0.289 e. The molecule has 1 aromatic heterocycles. The van der Waals surface area contributed by atoms with Crippen molar-refractivity contribution in [2.75, 3.05) is 39.8 Å². The van der Waals surface area contributed by atoms with Crippen LogP contribution in [-0.4, -0.2) is 85.1 Å². The van der Waals surface area contributed by atoms with Gasteiger partial charge in [-0.25, -0.2) is 0 Å². The highest BCUT2D eigenvalue weighted by Crippen LogP contribution is 2.14. The number of pyridine rings is 1. The van der Waals surface area contributed by atoms with E-state index in [9.17, 15) is 24.0 Å². The minimum Gasteiger partial charge on any atom is -0.349 e. The number of aryl methyl sites for hydroxylation is 1. The molecule has 0 unspecified atom stereocenters. The van der Waals surface area contributed by atoms with Crippen LogP contribution in [0.15, 0.2) is 54.9 Å². The van der Waals surface area contributed by atoms with Gasteiger partial charge < -0.3 is 26.2 Å². The van der Waals surface area contributed by atoms with Crippen LogP contribution in [0.25, 0.3) is 0 Å². The molecule has 1 saturated heterocycles. The second-order valence-corrected chi connectivity index (χ2v) is 10.2. The van der Waals surface area contributed by atoms with E-state index < -0.39 is 42.0 Å². The van der Waals surface area contributed by atoms with Gasteiger partial charge in [-0.3, -0.25) is 29.0 Å². The number of aromatic nitrogens is 1. The Balaban J connectivity index is -0.000000542. The van der Waals surface area contributed by atoms with E-state index in [1.165, 1.54) is 43.4 Å². The largest absolute Gasteiger partial charge is 0.349 e. The number of carbonyl (C=O) groups excluding carboxylic acids is 5. The summed E-state index contributed by atoms with van der Waals surface area (Å²) in [6, 6.07) is 12.3. The van der Waals surface area contributed by atoms with E-state index in [1.807, 2.05) is 25.2 Å². The number of carbonyl (C=O) groups is 5. The molecule has 4 amide bonds. The second kappa shape index (κ2) is 20.7. The van der Waals surface area contributed by atoms with Gasteiger partial charge in [0, 0.05) is 30.2 Å². The van der Waals surface area contributed by atoms with Crippen LogP contribution in [0.5, 0.6) is 0 Å². The predicted molar refractivity (Wildman–Crippen MR) is 171 cm³/mol. The Morgan fingerprint density at radius 1 is 0.929 bits per heavy atom. The fourth-order valence-corrected chi connectivity index (χ4v) is 3.66. The Hall–Kier alpha value is -4.12. The van der Waals surface area contributed by atoms with Crippen LogP contribution < -0.4 is 21.3 Å². The highest BCUT2D eigenvalue weighted by molar-refractivity contribution is 6.37. The molecule has 0 spiro atoms. The smallest absolute Gasteiger partial charge is 0.289 e. The fourth-order valence-electron chi connectivity index (χ4n) is 3.66. The molecule has 2 aromatic rings. The van der Waals surface area contributed by atoms with Gasteiger partial charge >= 0.3 is 0 Å². The molecule has 0 radical (unpaired) electrons. The second-order valence-electron chi connectivity index (χ2n) is 10.2. The maximum absolute atomic E-state index is 12.1. The van der Waals surface area contributed by atoms with Crippen molar-refractivity contribution in [1.29, 1.82) is 0 Å². The summed E-state index contributed by atoms with van der Waals surface area (Å²) in [7, 11) is 2.04. The zero-order valence-electron chi connectivity index (χ0n) is 25.4. The van der Waals surface area contributed by atoms with Crippen LogP contribution in [0.4, 0.5) is 0 Å². The zero-order chi connectivity index (χ0) is 31.3. The van der Waals surface area contributed by atoms with Crippen LogP contribution in [0.3, 0.4) is 0 Å². The highest BCUT2D eigenvalue weighted by Gasteiger charge is 2.21. The molecule has 0 aliphatic carbocycles. The van der Waals surface area contributed by atoms with Crippen molar-refractivity contribution in [3.8, 4) is 0 Å². The number of benzene rings is 1. The summed E-state index contributed by atoms with van der Waals surface area (Å²) in [5, 5.41) is 9.81. The molecular weight excluding hydrogens is 536 g/mol. The van der Waals surface area contributed by atoms with Gasteiger partial charge in [-0.15, -0.1) is 0 Å². The predicted octanol–water partition coefficient (Wildman–Crippen LogP) is 2.85. The maximum atomic E-state index is 12.1. The molecule has 0 bridgehead atoms. The van der Waals surface area contributed by atoms with Crippen molar-refractivity contribution in [3.63, 3.8) is 0 Å². The summed E-state index contributed by atoms with van der Waals surface area (Å²) >= 11 is 0.